The number of benzene rings is 1. The molecule has 0 spiro atoms. The molecule has 4 nitrogen and oxygen atoms in total. The molecule has 3 rings (SSSR count). The molecular weight excluding hydrogens is 310 g/mol. The molecule has 0 amide bonds. The SMILES string of the molecule is N#Cc1c(C2=CC=C(Cl)CC2)cc(-c2ccccc2O)nc1N. The molecule has 23 heavy (non-hydrogen) atoms. The number of halogens is 1. The summed E-state index contributed by atoms with van der Waals surface area (Å²) in [5, 5.41) is 20.2. The van der Waals surface area contributed by atoms with Crippen LogP contribution in [-0.2, 0) is 0 Å². The monoisotopic (exact) mass is 323 g/mol. The van der Waals surface area contributed by atoms with Crippen molar-refractivity contribution < 1.29 is 5.11 Å². The molecule has 2 aromatic rings. The van der Waals surface area contributed by atoms with Crippen LogP contribution in [0.5, 0.6) is 5.75 Å². The zero-order valence-corrected chi connectivity index (χ0v) is 13.0. The van der Waals surface area contributed by atoms with Crippen LogP contribution in [0.1, 0.15) is 24.0 Å². The van der Waals surface area contributed by atoms with E-state index in [1.807, 2.05) is 18.2 Å². The van der Waals surface area contributed by atoms with Crippen LogP contribution < -0.4 is 5.73 Å². The molecule has 1 aromatic carbocycles. The lowest BCUT2D eigenvalue weighted by Crippen LogP contribution is -2.03. The Kier molecular flexibility index (Phi) is 4.05. The Labute approximate surface area is 139 Å². The van der Waals surface area contributed by atoms with Crippen LogP contribution >= 0.6 is 11.6 Å². The van der Waals surface area contributed by atoms with E-state index >= 15 is 0 Å². The molecule has 0 fully saturated rings. The van der Waals surface area contributed by atoms with E-state index in [9.17, 15) is 10.4 Å². The second-order valence-electron chi connectivity index (χ2n) is 5.25. The minimum atomic E-state index is 0.121. The van der Waals surface area contributed by atoms with Crippen LogP contribution in [0, 0.1) is 11.3 Å². The summed E-state index contributed by atoms with van der Waals surface area (Å²) in [7, 11) is 0. The highest BCUT2D eigenvalue weighted by Crippen LogP contribution is 2.35. The summed E-state index contributed by atoms with van der Waals surface area (Å²) in [4.78, 5) is 4.27. The number of aromatic hydroxyl groups is 1. The number of allylic oxidation sites excluding steroid dienone is 4. The maximum absolute atomic E-state index is 10.0. The maximum atomic E-state index is 10.0. The smallest absolute Gasteiger partial charge is 0.142 e. The highest BCUT2D eigenvalue weighted by atomic mass is 35.5. The van der Waals surface area contributed by atoms with Crippen molar-refractivity contribution in [2.24, 2.45) is 0 Å². The number of nitriles is 1. The first-order valence-corrected chi connectivity index (χ1v) is 7.52. The quantitative estimate of drug-likeness (QED) is 0.867. The number of aromatic nitrogens is 1. The molecule has 1 aliphatic carbocycles. The normalized spacial score (nSPS) is 13.9. The molecule has 1 heterocycles. The third-order valence-electron chi connectivity index (χ3n) is 3.78. The fraction of sp³-hybridized carbons (Fsp3) is 0.111. The van der Waals surface area contributed by atoms with E-state index in [4.69, 9.17) is 17.3 Å². The van der Waals surface area contributed by atoms with Gasteiger partial charge in [-0.25, -0.2) is 4.98 Å². The van der Waals surface area contributed by atoms with E-state index in [2.05, 4.69) is 11.1 Å². The Morgan fingerprint density at radius 1 is 1.17 bits per heavy atom. The van der Waals surface area contributed by atoms with Gasteiger partial charge < -0.3 is 10.8 Å². The Bertz CT molecular complexity index is 878. The van der Waals surface area contributed by atoms with E-state index in [-0.39, 0.29) is 11.6 Å². The highest BCUT2D eigenvalue weighted by molar-refractivity contribution is 6.29. The van der Waals surface area contributed by atoms with Gasteiger partial charge in [-0.1, -0.05) is 29.8 Å². The summed E-state index contributed by atoms with van der Waals surface area (Å²) in [5.74, 6) is 0.278. The molecule has 1 aliphatic rings. The molecule has 0 aliphatic heterocycles. The summed E-state index contributed by atoms with van der Waals surface area (Å²) >= 11 is 6.00. The Balaban J connectivity index is 2.20. The third-order valence-corrected chi connectivity index (χ3v) is 4.10. The van der Waals surface area contributed by atoms with Crippen molar-refractivity contribution in [1.29, 1.82) is 5.26 Å². The van der Waals surface area contributed by atoms with Crippen molar-refractivity contribution >= 4 is 23.0 Å². The second-order valence-corrected chi connectivity index (χ2v) is 5.74. The lowest BCUT2D eigenvalue weighted by atomic mass is 9.93. The standard InChI is InChI=1S/C18H14ClN3O/c19-12-7-5-11(6-8-12)14-9-16(22-18(21)15(14)10-20)13-3-1-2-4-17(13)23/h1-5,7,9,23H,6,8H2,(H2,21,22). The molecule has 0 unspecified atom stereocenters. The van der Waals surface area contributed by atoms with Gasteiger partial charge in [0.05, 0.1) is 5.69 Å². The van der Waals surface area contributed by atoms with Gasteiger partial charge in [0.1, 0.15) is 23.2 Å². The number of rotatable bonds is 2. The van der Waals surface area contributed by atoms with Gasteiger partial charge in [0.2, 0.25) is 0 Å². The van der Waals surface area contributed by atoms with Crippen LogP contribution in [0.25, 0.3) is 16.8 Å². The minimum absolute atomic E-state index is 0.121. The van der Waals surface area contributed by atoms with Gasteiger partial charge in [0, 0.05) is 16.2 Å². The van der Waals surface area contributed by atoms with Gasteiger partial charge >= 0.3 is 0 Å². The Morgan fingerprint density at radius 2 is 1.96 bits per heavy atom. The lowest BCUT2D eigenvalue weighted by molar-refractivity contribution is 0.477. The van der Waals surface area contributed by atoms with Gasteiger partial charge in [-0.05, 0) is 42.7 Å². The second kappa shape index (κ2) is 6.15. The first-order chi connectivity index (χ1) is 11.1. The molecule has 114 valence electrons. The van der Waals surface area contributed by atoms with Gasteiger partial charge in [-0.15, -0.1) is 0 Å². The first-order valence-electron chi connectivity index (χ1n) is 7.14. The largest absolute Gasteiger partial charge is 0.507 e. The molecule has 5 heteroatoms. The van der Waals surface area contributed by atoms with Gasteiger partial charge in [-0.2, -0.15) is 5.26 Å². The zero-order chi connectivity index (χ0) is 16.4. The topological polar surface area (TPSA) is 82.9 Å². The average Bonchev–Trinajstić information content (AvgIpc) is 2.55. The summed E-state index contributed by atoms with van der Waals surface area (Å²) in [5.41, 5.74) is 9.15. The maximum Gasteiger partial charge on any atom is 0.142 e. The Hall–Kier alpha value is -2.77. The van der Waals surface area contributed by atoms with Gasteiger partial charge in [0.25, 0.3) is 0 Å². The molecule has 0 saturated carbocycles. The molecular formula is C18H14ClN3O. The number of hydrogen-bond acceptors (Lipinski definition) is 4. The summed E-state index contributed by atoms with van der Waals surface area (Å²) in [6.07, 6.45) is 5.19. The summed E-state index contributed by atoms with van der Waals surface area (Å²) < 4.78 is 0. The van der Waals surface area contributed by atoms with Crippen molar-refractivity contribution in [3.05, 3.63) is 58.6 Å². The molecule has 0 bridgehead atoms. The van der Waals surface area contributed by atoms with E-state index in [1.165, 1.54) is 0 Å². The van der Waals surface area contributed by atoms with Crippen LogP contribution in [0.15, 0.2) is 47.5 Å². The molecule has 1 aromatic heterocycles. The minimum Gasteiger partial charge on any atom is -0.507 e. The first kappa shape index (κ1) is 15.1. The zero-order valence-electron chi connectivity index (χ0n) is 12.3. The van der Waals surface area contributed by atoms with Crippen LogP contribution in [0.3, 0.4) is 0 Å². The lowest BCUT2D eigenvalue weighted by Gasteiger charge is -2.15. The number of nitrogens with two attached hydrogens (primary N) is 1. The number of nitrogen functional groups attached to an aromatic ring is 1. The van der Waals surface area contributed by atoms with E-state index < -0.39 is 0 Å². The number of nitrogens with zero attached hydrogens (tertiary/aromatic N) is 2. The summed E-state index contributed by atoms with van der Waals surface area (Å²) in [6.45, 7) is 0. The van der Waals surface area contributed by atoms with Crippen molar-refractivity contribution in [2.45, 2.75) is 12.8 Å². The molecule has 0 atom stereocenters. The molecule has 0 saturated heterocycles. The number of pyridine rings is 1. The van der Waals surface area contributed by atoms with Crippen molar-refractivity contribution in [2.75, 3.05) is 5.73 Å². The van der Waals surface area contributed by atoms with Crippen molar-refractivity contribution in [3.8, 4) is 23.1 Å². The number of hydrogen-bond donors (Lipinski definition) is 2. The third kappa shape index (κ3) is 2.92. The summed E-state index contributed by atoms with van der Waals surface area (Å²) in [6, 6.07) is 10.8. The van der Waals surface area contributed by atoms with E-state index in [0.29, 0.717) is 16.8 Å². The van der Waals surface area contributed by atoms with Crippen molar-refractivity contribution in [1.82, 2.24) is 4.98 Å². The average molecular weight is 324 g/mol. The van der Waals surface area contributed by atoms with Crippen LogP contribution in [0.4, 0.5) is 5.82 Å². The van der Waals surface area contributed by atoms with E-state index in [1.54, 1.807) is 24.3 Å². The number of para-hydroxylation sites is 1. The highest BCUT2D eigenvalue weighted by Gasteiger charge is 2.17. The number of phenols is 1. The molecule has 0 radical (unpaired) electrons. The van der Waals surface area contributed by atoms with Crippen LogP contribution in [0.2, 0.25) is 0 Å². The Morgan fingerprint density at radius 3 is 2.61 bits per heavy atom. The predicted molar refractivity (Wildman–Crippen MR) is 91.6 cm³/mol. The van der Waals surface area contributed by atoms with Gasteiger partial charge in [-0.3, -0.25) is 0 Å². The van der Waals surface area contributed by atoms with E-state index in [0.717, 1.165) is 29.0 Å². The van der Waals surface area contributed by atoms with Gasteiger partial charge in [0.15, 0.2) is 0 Å². The molecule has 3 N–H and O–H groups in total. The number of phenolic OH excluding ortho intramolecular Hbond substituents is 1. The van der Waals surface area contributed by atoms with Crippen molar-refractivity contribution in [3.63, 3.8) is 0 Å². The number of anilines is 1. The predicted octanol–water partition coefficient (Wildman–Crippen LogP) is 4.21. The fourth-order valence-corrected chi connectivity index (χ4v) is 2.76. The van der Waals surface area contributed by atoms with Crippen LogP contribution in [-0.4, -0.2) is 10.1 Å². The fourth-order valence-electron chi connectivity index (χ4n) is 2.60.